The predicted molar refractivity (Wildman–Crippen MR) is 100.0 cm³/mol. The normalized spacial score (nSPS) is 12.8. The van der Waals surface area contributed by atoms with Crippen LogP contribution in [0.4, 0.5) is 0 Å². The van der Waals surface area contributed by atoms with Crippen molar-refractivity contribution in [1.82, 2.24) is 4.72 Å². The van der Waals surface area contributed by atoms with Crippen molar-refractivity contribution in [1.29, 1.82) is 0 Å². The van der Waals surface area contributed by atoms with Gasteiger partial charge in [0.15, 0.2) is 0 Å². The highest BCUT2D eigenvalue weighted by molar-refractivity contribution is 9.10. The van der Waals surface area contributed by atoms with E-state index in [0.29, 0.717) is 18.6 Å². The molecule has 0 saturated carbocycles. The standard InChI is InChI=1S/C18H22BrNO3S/c1-4-15(11-14-8-6-5-7-9-14)20-24(21,22)18-12-16(19)13(2)10-17(18)23-3/h5-10,12,15,20H,4,11H2,1-3H3. The maximum Gasteiger partial charge on any atom is 0.244 e. The molecule has 6 heteroatoms. The molecule has 0 heterocycles. The summed E-state index contributed by atoms with van der Waals surface area (Å²) in [6, 6.07) is 13.0. The molecule has 24 heavy (non-hydrogen) atoms. The lowest BCUT2D eigenvalue weighted by atomic mass is 10.1. The highest BCUT2D eigenvalue weighted by Crippen LogP contribution is 2.30. The van der Waals surface area contributed by atoms with Gasteiger partial charge < -0.3 is 4.74 Å². The number of hydrogen-bond donors (Lipinski definition) is 1. The first kappa shape index (κ1) is 19.0. The van der Waals surface area contributed by atoms with Crippen LogP contribution in [-0.2, 0) is 16.4 Å². The van der Waals surface area contributed by atoms with Crippen molar-refractivity contribution < 1.29 is 13.2 Å². The SMILES string of the molecule is CCC(Cc1ccccc1)NS(=O)(=O)c1cc(Br)c(C)cc1OC. The second-order valence-corrected chi connectivity index (χ2v) is 8.21. The Labute approximate surface area is 152 Å². The van der Waals surface area contributed by atoms with Crippen LogP contribution in [-0.4, -0.2) is 21.6 Å². The minimum absolute atomic E-state index is 0.147. The van der Waals surface area contributed by atoms with Gasteiger partial charge in [0.2, 0.25) is 10.0 Å². The topological polar surface area (TPSA) is 55.4 Å². The number of sulfonamides is 1. The molecule has 1 unspecified atom stereocenters. The van der Waals surface area contributed by atoms with Crippen molar-refractivity contribution in [3.8, 4) is 5.75 Å². The van der Waals surface area contributed by atoms with E-state index in [2.05, 4.69) is 20.7 Å². The molecule has 0 saturated heterocycles. The van der Waals surface area contributed by atoms with Crippen molar-refractivity contribution in [3.63, 3.8) is 0 Å². The van der Waals surface area contributed by atoms with Crippen LogP contribution in [0.15, 0.2) is 51.8 Å². The van der Waals surface area contributed by atoms with Crippen molar-refractivity contribution in [2.45, 2.75) is 37.6 Å². The molecule has 1 atom stereocenters. The summed E-state index contributed by atoms with van der Waals surface area (Å²) in [6.07, 6.45) is 1.34. The minimum atomic E-state index is -3.68. The summed E-state index contributed by atoms with van der Waals surface area (Å²) >= 11 is 3.39. The summed E-state index contributed by atoms with van der Waals surface area (Å²) in [5, 5.41) is 0. The highest BCUT2D eigenvalue weighted by Gasteiger charge is 2.24. The van der Waals surface area contributed by atoms with Gasteiger partial charge in [-0.2, -0.15) is 0 Å². The first-order valence-electron chi connectivity index (χ1n) is 7.77. The highest BCUT2D eigenvalue weighted by atomic mass is 79.9. The van der Waals surface area contributed by atoms with Crippen molar-refractivity contribution in [2.75, 3.05) is 7.11 Å². The number of methoxy groups -OCH3 is 1. The molecule has 4 nitrogen and oxygen atoms in total. The Morgan fingerprint density at radius 2 is 1.88 bits per heavy atom. The lowest BCUT2D eigenvalue weighted by Gasteiger charge is -2.19. The Morgan fingerprint density at radius 1 is 1.21 bits per heavy atom. The Hall–Kier alpha value is -1.37. The second-order valence-electron chi connectivity index (χ2n) is 5.67. The molecule has 2 rings (SSSR count). The largest absolute Gasteiger partial charge is 0.495 e. The van der Waals surface area contributed by atoms with E-state index in [1.807, 2.05) is 44.2 Å². The Morgan fingerprint density at radius 3 is 2.46 bits per heavy atom. The fraction of sp³-hybridized carbons (Fsp3) is 0.333. The summed E-state index contributed by atoms with van der Waals surface area (Å²) in [5.41, 5.74) is 2.02. The van der Waals surface area contributed by atoms with E-state index < -0.39 is 10.0 Å². The molecule has 2 aromatic rings. The molecular weight excluding hydrogens is 390 g/mol. The number of ether oxygens (including phenoxy) is 1. The summed E-state index contributed by atoms with van der Waals surface area (Å²) in [4.78, 5) is 0.147. The molecular formula is C18H22BrNO3S. The number of hydrogen-bond acceptors (Lipinski definition) is 3. The van der Waals surface area contributed by atoms with Crippen LogP contribution in [0.3, 0.4) is 0 Å². The molecule has 0 bridgehead atoms. The van der Waals surface area contributed by atoms with Crippen molar-refractivity contribution in [2.24, 2.45) is 0 Å². The maximum atomic E-state index is 12.8. The molecule has 0 amide bonds. The third-order valence-corrected chi connectivity index (χ3v) is 6.27. The summed E-state index contributed by atoms with van der Waals surface area (Å²) in [5.74, 6) is 0.345. The van der Waals surface area contributed by atoms with E-state index >= 15 is 0 Å². The number of aryl methyl sites for hydroxylation is 1. The zero-order valence-electron chi connectivity index (χ0n) is 14.0. The fourth-order valence-electron chi connectivity index (χ4n) is 2.46. The minimum Gasteiger partial charge on any atom is -0.495 e. The average Bonchev–Trinajstić information content (AvgIpc) is 2.56. The molecule has 0 spiro atoms. The van der Waals surface area contributed by atoms with Gasteiger partial charge in [0.1, 0.15) is 10.6 Å². The first-order valence-corrected chi connectivity index (χ1v) is 10.1. The van der Waals surface area contributed by atoms with Gasteiger partial charge in [0.05, 0.1) is 7.11 Å². The zero-order valence-corrected chi connectivity index (χ0v) is 16.4. The van der Waals surface area contributed by atoms with Gasteiger partial charge in [-0.05, 0) is 43.0 Å². The maximum absolute atomic E-state index is 12.8. The van der Waals surface area contributed by atoms with Crippen LogP contribution < -0.4 is 9.46 Å². The van der Waals surface area contributed by atoms with Crippen LogP contribution in [0.1, 0.15) is 24.5 Å². The monoisotopic (exact) mass is 411 g/mol. The molecule has 2 aromatic carbocycles. The third-order valence-electron chi connectivity index (χ3n) is 3.87. The Bertz CT molecular complexity index is 791. The summed E-state index contributed by atoms with van der Waals surface area (Å²) in [6.45, 7) is 3.86. The first-order chi connectivity index (χ1) is 11.4. The molecule has 0 aliphatic rings. The molecule has 0 aromatic heterocycles. The summed E-state index contributed by atoms with van der Waals surface area (Å²) in [7, 11) is -2.20. The van der Waals surface area contributed by atoms with Crippen LogP contribution in [0, 0.1) is 6.92 Å². The second kappa shape index (κ2) is 8.14. The van der Waals surface area contributed by atoms with E-state index in [-0.39, 0.29) is 10.9 Å². The number of nitrogens with one attached hydrogen (secondary N) is 1. The smallest absolute Gasteiger partial charge is 0.244 e. The number of rotatable bonds is 7. The van der Waals surface area contributed by atoms with E-state index in [4.69, 9.17) is 4.74 Å². The van der Waals surface area contributed by atoms with Crippen LogP contribution in [0.25, 0.3) is 0 Å². The molecule has 0 fully saturated rings. The van der Waals surface area contributed by atoms with Gasteiger partial charge in [-0.15, -0.1) is 0 Å². The molecule has 130 valence electrons. The number of benzene rings is 2. The lowest BCUT2D eigenvalue weighted by Crippen LogP contribution is -2.36. The van der Waals surface area contributed by atoms with Gasteiger partial charge in [-0.25, -0.2) is 13.1 Å². The van der Waals surface area contributed by atoms with Crippen molar-refractivity contribution in [3.05, 3.63) is 58.1 Å². The molecule has 0 aliphatic heterocycles. The summed E-state index contributed by atoms with van der Waals surface area (Å²) < 4.78 is 34.4. The van der Waals surface area contributed by atoms with E-state index in [9.17, 15) is 8.42 Å². The van der Waals surface area contributed by atoms with Gasteiger partial charge >= 0.3 is 0 Å². The third kappa shape index (κ3) is 4.59. The van der Waals surface area contributed by atoms with Gasteiger partial charge in [-0.3, -0.25) is 0 Å². The van der Waals surface area contributed by atoms with Gasteiger partial charge in [0.25, 0.3) is 0 Å². The van der Waals surface area contributed by atoms with E-state index in [0.717, 1.165) is 15.6 Å². The molecule has 0 aliphatic carbocycles. The Kier molecular flexibility index (Phi) is 6.43. The van der Waals surface area contributed by atoms with Crippen LogP contribution in [0.5, 0.6) is 5.75 Å². The van der Waals surface area contributed by atoms with E-state index in [1.54, 1.807) is 12.1 Å². The predicted octanol–water partition coefficient (Wildman–Crippen LogP) is 4.07. The van der Waals surface area contributed by atoms with Gasteiger partial charge in [-0.1, -0.05) is 53.2 Å². The van der Waals surface area contributed by atoms with E-state index in [1.165, 1.54) is 7.11 Å². The van der Waals surface area contributed by atoms with Crippen LogP contribution in [0.2, 0.25) is 0 Å². The molecule has 1 N–H and O–H groups in total. The van der Waals surface area contributed by atoms with Crippen molar-refractivity contribution >= 4 is 26.0 Å². The van der Waals surface area contributed by atoms with Crippen LogP contribution >= 0.6 is 15.9 Å². The fourth-order valence-corrected chi connectivity index (χ4v) is 4.45. The van der Waals surface area contributed by atoms with Gasteiger partial charge in [0, 0.05) is 10.5 Å². The zero-order chi connectivity index (χ0) is 17.7. The average molecular weight is 412 g/mol. The molecule has 0 radical (unpaired) electrons. The number of halogens is 1. The Balaban J connectivity index is 2.28. The quantitative estimate of drug-likeness (QED) is 0.746. The lowest BCUT2D eigenvalue weighted by molar-refractivity contribution is 0.401.